The molecule has 0 bridgehead atoms. The van der Waals surface area contributed by atoms with Gasteiger partial charge in [-0.2, -0.15) is 5.10 Å². The van der Waals surface area contributed by atoms with Crippen molar-refractivity contribution in [3.8, 4) is 0 Å². The average Bonchev–Trinajstić information content (AvgIpc) is 2.94. The standard InChI is InChI=1S/C21H29N5O2/c1-16-19(17(2)24(3)23-16)15-20(27)22-10-9-21(28)26-13-11-25(12-14-26)18-7-5-4-6-8-18/h4-8H,9-15H2,1-3H3,(H,22,27). The summed E-state index contributed by atoms with van der Waals surface area (Å²) in [6, 6.07) is 10.3. The molecule has 0 saturated carbocycles. The van der Waals surface area contributed by atoms with Crippen LogP contribution in [0.15, 0.2) is 30.3 Å². The SMILES string of the molecule is Cc1nn(C)c(C)c1CC(=O)NCCC(=O)N1CCN(c2ccccc2)CC1. The predicted molar refractivity (Wildman–Crippen MR) is 109 cm³/mol. The van der Waals surface area contributed by atoms with Crippen LogP contribution in [0.25, 0.3) is 0 Å². The lowest BCUT2D eigenvalue weighted by atomic mass is 10.1. The Balaban J connectivity index is 1.39. The first-order chi connectivity index (χ1) is 13.5. The second-order valence-corrected chi connectivity index (χ2v) is 7.25. The Hall–Kier alpha value is -2.83. The second kappa shape index (κ2) is 8.91. The van der Waals surface area contributed by atoms with Crippen LogP contribution in [-0.2, 0) is 23.1 Å². The number of aromatic nitrogens is 2. The molecule has 28 heavy (non-hydrogen) atoms. The highest BCUT2D eigenvalue weighted by Gasteiger charge is 2.21. The van der Waals surface area contributed by atoms with Gasteiger partial charge in [-0.25, -0.2) is 0 Å². The first-order valence-electron chi connectivity index (χ1n) is 9.79. The van der Waals surface area contributed by atoms with Crippen LogP contribution in [0.1, 0.15) is 23.4 Å². The molecule has 7 heteroatoms. The van der Waals surface area contributed by atoms with Crippen LogP contribution in [0.4, 0.5) is 5.69 Å². The van der Waals surface area contributed by atoms with Gasteiger partial charge in [0.15, 0.2) is 0 Å². The Morgan fingerprint density at radius 3 is 2.36 bits per heavy atom. The maximum Gasteiger partial charge on any atom is 0.224 e. The van der Waals surface area contributed by atoms with Crippen molar-refractivity contribution >= 4 is 17.5 Å². The van der Waals surface area contributed by atoms with Gasteiger partial charge in [0.2, 0.25) is 11.8 Å². The van der Waals surface area contributed by atoms with Crippen LogP contribution in [0.5, 0.6) is 0 Å². The van der Waals surface area contributed by atoms with Crippen LogP contribution >= 0.6 is 0 Å². The topological polar surface area (TPSA) is 70.5 Å². The zero-order valence-electron chi connectivity index (χ0n) is 16.9. The molecular weight excluding hydrogens is 354 g/mol. The molecule has 0 spiro atoms. The molecule has 1 fully saturated rings. The monoisotopic (exact) mass is 383 g/mol. The van der Waals surface area contributed by atoms with Crippen molar-refractivity contribution in [2.75, 3.05) is 37.6 Å². The molecule has 1 N–H and O–H groups in total. The molecule has 2 amide bonds. The normalized spacial score (nSPS) is 14.2. The number of amides is 2. The molecule has 150 valence electrons. The summed E-state index contributed by atoms with van der Waals surface area (Å²) in [5.41, 5.74) is 4.04. The fraction of sp³-hybridized carbons (Fsp3) is 0.476. The molecule has 0 atom stereocenters. The van der Waals surface area contributed by atoms with E-state index in [-0.39, 0.29) is 11.8 Å². The zero-order valence-corrected chi connectivity index (χ0v) is 16.9. The van der Waals surface area contributed by atoms with E-state index in [1.54, 1.807) is 4.68 Å². The molecule has 2 aromatic rings. The minimum Gasteiger partial charge on any atom is -0.368 e. The number of nitrogens with zero attached hydrogens (tertiary/aromatic N) is 4. The number of nitrogens with one attached hydrogen (secondary N) is 1. The number of carbonyl (C=O) groups is 2. The number of piperazine rings is 1. The van der Waals surface area contributed by atoms with Crippen molar-refractivity contribution in [2.45, 2.75) is 26.7 Å². The third-order valence-corrected chi connectivity index (χ3v) is 5.41. The van der Waals surface area contributed by atoms with Gasteiger partial charge in [0.1, 0.15) is 0 Å². The fourth-order valence-corrected chi connectivity index (χ4v) is 3.62. The Morgan fingerprint density at radius 1 is 1.07 bits per heavy atom. The molecule has 7 nitrogen and oxygen atoms in total. The van der Waals surface area contributed by atoms with Crippen LogP contribution in [0, 0.1) is 13.8 Å². The number of anilines is 1. The van der Waals surface area contributed by atoms with Gasteiger partial charge in [0, 0.05) is 63.1 Å². The zero-order chi connectivity index (χ0) is 20.1. The summed E-state index contributed by atoms with van der Waals surface area (Å²) in [6.07, 6.45) is 0.636. The van der Waals surface area contributed by atoms with Crippen LogP contribution in [-0.4, -0.2) is 59.2 Å². The van der Waals surface area contributed by atoms with Crippen molar-refractivity contribution in [3.05, 3.63) is 47.3 Å². The van der Waals surface area contributed by atoms with Crippen molar-refractivity contribution in [2.24, 2.45) is 7.05 Å². The lowest BCUT2D eigenvalue weighted by Crippen LogP contribution is -2.49. The average molecular weight is 383 g/mol. The maximum atomic E-state index is 12.4. The highest BCUT2D eigenvalue weighted by Crippen LogP contribution is 2.16. The van der Waals surface area contributed by atoms with Gasteiger partial charge in [0.05, 0.1) is 12.1 Å². The first kappa shape index (κ1) is 19.9. The summed E-state index contributed by atoms with van der Waals surface area (Å²) in [5.74, 6) is 0.0302. The molecule has 1 aromatic carbocycles. The number of rotatable bonds is 6. The Bertz CT molecular complexity index is 823. The van der Waals surface area contributed by atoms with Gasteiger partial charge < -0.3 is 15.1 Å². The lowest BCUT2D eigenvalue weighted by molar-refractivity contribution is -0.131. The molecule has 1 saturated heterocycles. The minimum atomic E-state index is -0.0686. The number of hydrogen-bond donors (Lipinski definition) is 1. The third-order valence-electron chi connectivity index (χ3n) is 5.41. The third kappa shape index (κ3) is 4.71. The maximum absolute atomic E-state index is 12.4. The Kier molecular flexibility index (Phi) is 6.34. The van der Waals surface area contributed by atoms with Crippen molar-refractivity contribution in [1.29, 1.82) is 0 Å². The van der Waals surface area contributed by atoms with E-state index >= 15 is 0 Å². The largest absolute Gasteiger partial charge is 0.368 e. The summed E-state index contributed by atoms with van der Waals surface area (Å²) in [5, 5.41) is 7.20. The summed E-state index contributed by atoms with van der Waals surface area (Å²) in [4.78, 5) is 28.8. The van der Waals surface area contributed by atoms with Crippen molar-refractivity contribution in [1.82, 2.24) is 20.0 Å². The van der Waals surface area contributed by atoms with Gasteiger partial charge in [-0.1, -0.05) is 18.2 Å². The Labute approximate surface area is 166 Å². The van der Waals surface area contributed by atoms with E-state index in [0.717, 1.165) is 43.1 Å². The molecule has 3 rings (SSSR count). The van der Waals surface area contributed by atoms with Gasteiger partial charge in [-0.15, -0.1) is 0 Å². The van der Waals surface area contributed by atoms with E-state index < -0.39 is 0 Å². The van der Waals surface area contributed by atoms with E-state index in [1.165, 1.54) is 5.69 Å². The van der Waals surface area contributed by atoms with E-state index in [9.17, 15) is 9.59 Å². The number of hydrogen-bond acceptors (Lipinski definition) is 4. The molecule has 0 radical (unpaired) electrons. The minimum absolute atomic E-state index is 0.0686. The van der Waals surface area contributed by atoms with Crippen LogP contribution in [0.2, 0.25) is 0 Å². The van der Waals surface area contributed by atoms with Gasteiger partial charge >= 0.3 is 0 Å². The van der Waals surface area contributed by atoms with E-state index in [0.29, 0.717) is 19.4 Å². The number of para-hydroxylation sites is 1. The Morgan fingerprint density at radius 2 is 1.75 bits per heavy atom. The van der Waals surface area contributed by atoms with E-state index in [1.807, 2.05) is 44.0 Å². The summed E-state index contributed by atoms with van der Waals surface area (Å²) < 4.78 is 1.79. The number of carbonyl (C=O) groups excluding carboxylic acids is 2. The molecule has 0 aliphatic carbocycles. The fourth-order valence-electron chi connectivity index (χ4n) is 3.62. The highest BCUT2D eigenvalue weighted by atomic mass is 16.2. The number of benzene rings is 1. The van der Waals surface area contributed by atoms with Gasteiger partial charge in [0.25, 0.3) is 0 Å². The lowest BCUT2D eigenvalue weighted by Gasteiger charge is -2.36. The van der Waals surface area contributed by atoms with Gasteiger partial charge in [-0.3, -0.25) is 14.3 Å². The molecular formula is C21H29N5O2. The van der Waals surface area contributed by atoms with Crippen molar-refractivity contribution in [3.63, 3.8) is 0 Å². The smallest absolute Gasteiger partial charge is 0.224 e. The number of aryl methyl sites for hydroxylation is 2. The predicted octanol–water partition coefficient (Wildman–Crippen LogP) is 1.43. The molecule has 1 aliphatic rings. The summed E-state index contributed by atoms with van der Waals surface area (Å²) >= 11 is 0. The first-order valence-corrected chi connectivity index (χ1v) is 9.79. The summed E-state index contributed by atoms with van der Waals surface area (Å²) in [6.45, 7) is 7.35. The van der Waals surface area contributed by atoms with Crippen LogP contribution in [0.3, 0.4) is 0 Å². The molecule has 1 aromatic heterocycles. The quantitative estimate of drug-likeness (QED) is 0.819. The molecule has 2 heterocycles. The van der Waals surface area contributed by atoms with E-state index in [4.69, 9.17) is 0 Å². The van der Waals surface area contributed by atoms with Crippen LogP contribution < -0.4 is 10.2 Å². The molecule has 0 unspecified atom stereocenters. The summed E-state index contributed by atoms with van der Waals surface area (Å²) in [7, 11) is 1.87. The van der Waals surface area contributed by atoms with Crippen molar-refractivity contribution < 1.29 is 9.59 Å². The molecule has 1 aliphatic heterocycles. The van der Waals surface area contributed by atoms with E-state index in [2.05, 4.69) is 27.4 Å². The second-order valence-electron chi connectivity index (χ2n) is 7.25. The van der Waals surface area contributed by atoms with Gasteiger partial charge in [-0.05, 0) is 26.0 Å². The highest BCUT2D eigenvalue weighted by molar-refractivity contribution is 5.81.